The molecule has 0 aliphatic carbocycles. The van der Waals surface area contributed by atoms with Crippen molar-refractivity contribution in [2.75, 3.05) is 12.9 Å². The number of fused-ring (bicyclic) bond motifs is 1. The molecule has 13 heteroatoms. The number of carbonyl (C=O) groups excluding carboxylic acids is 1. The van der Waals surface area contributed by atoms with Crippen LogP contribution in [0.3, 0.4) is 0 Å². The molecule has 0 spiro atoms. The Labute approximate surface area is 167 Å². The van der Waals surface area contributed by atoms with Crippen molar-refractivity contribution in [2.24, 2.45) is 0 Å². The van der Waals surface area contributed by atoms with Crippen molar-refractivity contribution in [2.45, 2.75) is 31.2 Å². The minimum atomic E-state index is -4.16. The molecule has 156 valence electrons. The Morgan fingerprint density at radius 2 is 2.03 bits per heavy atom. The zero-order chi connectivity index (χ0) is 21.3. The number of hydrogen-bond acceptors (Lipinski definition) is 8. The first-order valence-corrected chi connectivity index (χ1v) is 10.8. The van der Waals surface area contributed by atoms with Crippen LogP contribution in [0.4, 0.5) is 13.2 Å². The summed E-state index contributed by atoms with van der Waals surface area (Å²) in [5.41, 5.74) is 0.203. The zero-order valence-electron chi connectivity index (χ0n) is 15.2. The third-order valence-electron chi connectivity index (χ3n) is 4.09. The van der Waals surface area contributed by atoms with Crippen LogP contribution >= 0.6 is 11.3 Å². The van der Waals surface area contributed by atoms with Gasteiger partial charge >= 0.3 is 5.97 Å². The number of rotatable bonds is 7. The quantitative estimate of drug-likeness (QED) is 0.512. The van der Waals surface area contributed by atoms with Crippen molar-refractivity contribution in [3.8, 4) is 10.7 Å². The summed E-state index contributed by atoms with van der Waals surface area (Å²) in [5.74, 6) is -2.48. The summed E-state index contributed by atoms with van der Waals surface area (Å²) in [7, 11) is -3.04. The maximum atomic E-state index is 15.3. The molecule has 0 atom stereocenters. The third kappa shape index (κ3) is 3.96. The number of hydrogen-bond donors (Lipinski definition) is 0. The van der Waals surface area contributed by atoms with E-state index < -0.39 is 50.1 Å². The van der Waals surface area contributed by atoms with Crippen LogP contribution in [0, 0.1) is 5.82 Å². The summed E-state index contributed by atoms with van der Waals surface area (Å²) in [6, 6.07) is 2.46. The fraction of sp³-hybridized carbons (Fsp3) is 0.375. The number of aromatic nitrogens is 4. The van der Waals surface area contributed by atoms with Gasteiger partial charge in [0.25, 0.3) is 6.43 Å². The molecule has 2 heterocycles. The number of sulfone groups is 1. The lowest BCUT2D eigenvalue weighted by Crippen LogP contribution is -2.14. The number of carbonyl (C=O) groups is 1. The van der Waals surface area contributed by atoms with Crippen LogP contribution in [0.5, 0.6) is 0 Å². The number of ether oxygens (including phenoxy) is 1. The molecule has 0 radical (unpaired) electrons. The Bertz CT molecular complexity index is 1170. The topological polar surface area (TPSA) is 104 Å². The van der Waals surface area contributed by atoms with Gasteiger partial charge in [0.15, 0.2) is 25.7 Å². The molecule has 0 saturated carbocycles. The monoisotopic (exact) mass is 448 g/mol. The van der Waals surface area contributed by atoms with Gasteiger partial charge in [-0.1, -0.05) is 11.3 Å². The van der Waals surface area contributed by atoms with Gasteiger partial charge in [0.1, 0.15) is 10.6 Å². The van der Waals surface area contributed by atoms with Gasteiger partial charge in [-0.3, -0.25) is 9.48 Å². The molecule has 2 aromatic heterocycles. The highest BCUT2D eigenvalue weighted by Gasteiger charge is 2.27. The highest BCUT2D eigenvalue weighted by atomic mass is 32.2. The first kappa shape index (κ1) is 21.2. The Balaban J connectivity index is 2.16. The lowest BCUT2D eigenvalue weighted by atomic mass is 10.2. The number of nitrogens with zero attached hydrogens (tertiary/aromatic N) is 4. The van der Waals surface area contributed by atoms with E-state index in [1.165, 1.54) is 10.7 Å². The summed E-state index contributed by atoms with van der Waals surface area (Å²) < 4.78 is 71.9. The van der Waals surface area contributed by atoms with Gasteiger partial charge < -0.3 is 4.74 Å². The molecule has 0 unspecified atom stereocenters. The van der Waals surface area contributed by atoms with E-state index >= 15 is 4.39 Å². The molecule has 0 fully saturated rings. The molecule has 0 aliphatic heterocycles. The van der Waals surface area contributed by atoms with E-state index in [4.69, 9.17) is 0 Å². The van der Waals surface area contributed by atoms with E-state index in [1.807, 2.05) is 0 Å². The number of aryl methyl sites for hydroxylation is 1. The predicted molar refractivity (Wildman–Crippen MR) is 97.9 cm³/mol. The second-order valence-corrected chi connectivity index (χ2v) is 8.91. The first-order valence-electron chi connectivity index (χ1n) is 8.30. The summed E-state index contributed by atoms with van der Waals surface area (Å²) in [6.45, 7) is 2.06. The van der Waals surface area contributed by atoms with E-state index in [-0.39, 0.29) is 21.6 Å². The van der Waals surface area contributed by atoms with Crippen LogP contribution in [0.1, 0.15) is 24.8 Å². The summed E-state index contributed by atoms with van der Waals surface area (Å²) in [6.07, 6.45) is -3.29. The van der Waals surface area contributed by atoms with E-state index in [2.05, 4.69) is 20.0 Å². The second kappa shape index (κ2) is 8.06. The minimum absolute atomic E-state index is 0.0551. The Hall–Kier alpha value is -2.54. The molecule has 0 saturated heterocycles. The van der Waals surface area contributed by atoms with Crippen molar-refractivity contribution in [3.05, 3.63) is 23.0 Å². The van der Waals surface area contributed by atoms with E-state index in [0.29, 0.717) is 17.9 Å². The standard InChI is InChI=1S/C16H15F3N4O4S2/c1-3-23-8-4-5-9(29(25,26)7-6-10(24)27-2)12(17)11(8)13(22-23)15-20-21-16(28-15)14(18)19/h4-5,14H,3,6-7H2,1-2H3. The van der Waals surface area contributed by atoms with Gasteiger partial charge in [-0.15, -0.1) is 10.2 Å². The molecule has 0 bridgehead atoms. The summed E-state index contributed by atoms with van der Waals surface area (Å²) in [5, 5.41) is 10.4. The predicted octanol–water partition coefficient (Wildman–Crippen LogP) is 2.99. The van der Waals surface area contributed by atoms with Crippen LogP contribution in [-0.4, -0.2) is 47.2 Å². The van der Waals surface area contributed by atoms with Crippen LogP contribution in [0.25, 0.3) is 21.6 Å². The average molecular weight is 448 g/mol. The van der Waals surface area contributed by atoms with Crippen molar-refractivity contribution < 1.29 is 31.1 Å². The maximum absolute atomic E-state index is 15.3. The number of esters is 1. The van der Waals surface area contributed by atoms with Crippen LogP contribution in [0.15, 0.2) is 17.0 Å². The van der Waals surface area contributed by atoms with E-state index in [1.54, 1.807) is 6.92 Å². The molecule has 3 aromatic rings. The smallest absolute Gasteiger partial charge is 0.306 e. The first-order chi connectivity index (χ1) is 13.7. The largest absolute Gasteiger partial charge is 0.469 e. The van der Waals surface area contributed by atoms with Gasteiger partial charge in [-0.2, -0.15) is 5.10 Å². The number of alkyl halides is 2. The van der Waals surface area contributed by atoms with E-state index in [9.17, 15) is 22.0 Å². The molecule has 0 N–H and O–H groups in total. The number of halogens is 3. The Kier molecular flexibility index (Phi) is 5.89. The minimum Gasteiger partial charge on any atom is -0.469 e. The molecule has 0 amide bonds. The van der Waals surface area contributed by atoms with Crippen molar-refractivity contribution in [3.63, 3.8) is 0 Å². The molecule has 29 heavy (non-hydrogen) atoms. The van der Waals surface area contributed by atoms with Gasteiger partial charge in [0.05, 0.1) is 30.2 Å². The van der Waals surface area contributed by atoms with Crippen LogP contribution < -0.4 is 0 Å². The Morgan fingerprint density at radius 3 is 2.62 bits per heavy atom. The molecular formula is C16H15F3N4O4S2. The van der Waals surface area contributed by atoms with Gasteiger partial charge in [0, 0.05) is 6.54 Å². The molecule has 3 rings (SSSR count). The lowest BCUT2D eigenvalue weighted by molar-refractivity contribution is -0.140. The van der Waals surface area contributed by atoms with Gasteiger partial charge in [0.2, 0.25) is 0 Å². The Morgan fingerprint density at radius 1 is 1.31 bits per heavy atom. The van der Waals surface area contributed by atoms with Crippen molar-refractivity contribution >= 4 is 38.0 Å². The fourth-order valence-electron chi connectivity index (χ4n) is 2.69. The second-order valence-electron chi connectivity index (χ2n) is 5.83. The summed E-state index contributed by atoms with van der Waals surface area (Å²) >= 11 is 0.547. The van der Waals surface area contributed by atoms with Gasteiger partial charge in [-0.05, 0) is 19.1 Å². The third-order valence-corrected chi connectivity index (χ3v) is 6.75. The maximum Gasteiger partial charge on any atom is 0.306 e. The number of benzene rings is 1. The lowest BCUT2D eigenvalue weighted by Gasteiger charge is -2.07. The molecule has 8 nitrogen and oxygen atoms in total. The van der Waals surface area contributed by atoms with Crippen molar-refractivity contribution in [1.29, 1.82) is 0 Å². The fourth-order valence-corrected chi connectivity index (χ4v) is 4.69. The van der Waals surface area contributed by atoms with Gasteiger partial charge in [-0.25, -0.2) is 21.6 Å². The molecule has 0 aliphatic rings. The average Bonchev–Trinajstić information content (AvgIpc) is 3.31. The SMILES string of the molecule is CCn1nc(-c2nnc(C(F)F)s2)c2c(F)c(S(=O)(=O)CCC(=O)OC)ccc21. The van der Waals surface area contributed by atoms with E-state index in [0.717, 1.165) is 13.2 Å². The summed E-state index contributed by atoms with van der Waals surface area (Å²) in [4.78, 5) is 10.6. The van der Waals surface area contributed by atoms with Crippen molar-refractivity contribution in [1.82, 2.24) is 20.0 Å². The zero-order valence-corrected chi connectivity index (χ0v) is 16.9. The highest BCUT2D eigenvalue weighted by Crippen LogP contribution is 2.36. The molecular weight excluding hydrogens is 433 g/mol. The molecule has 1 aromatic carbocycles. The normalized spacial score (nSPS) is 12.1. The number of methoxy groups -OCH3 is 1. The van der Waals surface area contributed by atoms with Crippen LogP contribution in [-0.2, 0) is 25.9 Å². The van der Waals surface area contributed by atoms with Crippen LogP contribution in [0.2, 0.25) is 0 Å². The highest BCUT2D eigenvalue weighted by molar-refractivity contribution is 7.91.